The number of alkyl halides is 1. The van der Waals surface area contributed by atoms with Gasteiger partial charge in [0.25, 0.3) is 5.91 Å². The second-order valence-electron chi connectivity index (χ2n) is 13.6. The van der Waals surface area contributed by atoms with Gasteiger partial charge in [-0.2, -0.15) is 0 Å². The highest BCUT2D eigenvalue weighted by atomic mass is 19.1. The van der Waals surface area contributed by atoms with E-state index in [-0.39, 0.29) is 48.0 Å². The SMILES string of the molecule is O=C(NCCN1CCCC1)C1=CN2C3CC4CCCCC4CC3OC3C(NCC4CCCO4)C(F)CC(C1=O)C32. The average molecular weight is 559 g/mol. The van der Waals surface area contributed by atoms with E-state index in [9.17, 15) is 9.59 Å². The Morgan fingerprint density at radius 2 is 1.82 bits per heavy atom. The molecule has 40 heavy (non-hydrogen) atoms. The number of halogens is 1. The van der Waals surface area contributed by atoms with Gasteiger partial charge in [-0.25, -0.2) is 4.39 Å². The van der Waals surface area contributed by atoms with Crippen molar-refractivity contribution in [2.45, 2.75) is 113 Å². The number of hydrogen-bond donors (Lipinski definition) is 2. The van der Waals surface area contributed by atoms with Crippen LogP contribution in [-0.4, -0.2) is 103 Å². The van der Waals surface area contributed by atoms with Crippen molar-refractivity contribution in [2.75, 3.05) is 39.3 Å². The minimum Gasteiger partial charge on any atom is -0.377 e. The Morgan fingerprint density at radius 3 is 2.60 bits per heavy atom. The van der Waals surface area contributed by atoms with Crippen LogP contribution in [0.15, 0.2) is 11.8 Å². The van der Waals surface area contributed by atoms with Crippen molar-refractivity contribution in [2.24, 2.45) is 17.8 Å². The fourth-order valence-electron chi connectivity index (χ4n) is 9.20. The van der Waals surface area contributed by atoms with Crippen molar-refractivity contribution < 1.29 is 23.5 Å². The van der Waals surface area contributed by atoms with Gasteiger partial charge < -0.3 is 29.9 Å². The van der Waals surface area contributed by atoms with Crippen LogP contribution in [-0.2, 0) is 19.1 Å². The zero-order valence-corrected chi connectivity index (χ0v) is 23.8. The highest BCUT2D eigenvalue weighted by Gasteiger charge is 2.59. The van der Waals surface area contributed by atoms with Gasteiger partial charge in [-0.3, -0.25) is 9.59 Å². The molecule has 1 amide bonds. The number of amides is 1. The quantitative estimate of drug-likeness (QED) is 0.465. The number of carbonyl (C=O) groups excluding carboxylic acids is 2. The molecular formula is C31H47FN4O4. The molecule has 4 aliphatic heterocycles. The third-order valence-corrected chi connectivity index (χ3v) is 11.2. The minimum atomic E-state index is -1.21. The maximum absolute atomic E-state index is 16.0. The molecule has 0 radical (unpaired) electrons. The topological polar surface area (TPSA) is 83.1 Å². The zero-order chi connectivity index (χ0) is 27.2. The van der Waals surface area contributed by atoms with Crippen molar-refractivity contribution in [3.05, 3.63) is 11.8 Å². The third kappa shape index (κ3) is 5.13. The number of ketones is 1. The Labute approximate surface area is 237 Å². The Balaban J connectivity index is 1.14. The van der Waals surface area contributed by atoms with Gasteiger partial charge in [0.15, 0.2) is 5.78 Å². The maximum atomic E-state index is 16.0. The number of nitrogens with one attached hydrogen (secondary N) is 2. The van der Waals surface area contributed by atoms with E-state index in [0.29, 0.717) is 24.9 Å². The zero-order valence-electron chi connectivity index (χ0n) is 23.8. The molecule has 3 saturated heterocycles. The molecule has 8 nitrogen and oxygen atoms in total. The van der Waals surface area contributed by atoms with E-state index in [0.717, 1.165) is 51.9 Å². The smallest absolute Gasteiger partial charge is 0.256 e. The summed E-state index contributed by atoms with van der Waals surface area (Å²) in [6.07, 6.45) is 12.0. The van der Waals surface area contributed by atoms with Crippen LogP contribution in [0.2, 0.25) is 0 Å². The van der Waals surface area contributed by atoms with E-state index < -0.39 is 24.2 Å². The van der Waals surface area contributed by atoms with Crippen LogP contribution in [0.4, 0.5) is 4.39 Å². The van der Waals surface area contributed by atoms with Crippen LogP contribution in [0.25, 0.3) is 0 Å². The monoisotopic (exact) mass is 558 g/mol. The number of rotatable bonds is 7. The van der Waals surface area contributed by atoms with Gasteiger partial charge in [0.1, 0.15) is 6.17 Å². The summed E-state index contributed by atoms with van der Waals surface area (Å²) in [5.41, 5.74) is 0.214. The molecule has 3 aliphatic carbocycles. The largest absolute Gasteiger partial charge is 0.377 e. The number of Topliss-reactive ketones (excluding diaryl/α,β-unsaturated/α-hetero) is 1. The number of fused-ring (bicyclic) bond motifs is 3. The summed E-state index contributed by atoms with van der Waals surface area (Å²) in [4.78, 5) is 31.9. The average Bonchev–Trinajstić information content (AvgIpc) is 3.68. The predicted molar refractivity (Wildman–Crippen MR) is 148 cm³/mol. The summed E-state index contributed by atoms with van der Waals surface area (Å²) in [5.74, 6) is 0.258. The highest BCUT2D eigenvalue weighted by molar-refractivity contribution is 6.20. The molecular weight excluding hydrogens is 511 g/mol. The number of morpholine rings is 1. The standard InChI is InChI=1S/C31H47FN4O4/c32-24-16-22-28-30(27(24)34-17-21-8-5-13-39-21)40-26-15-20-7-2-1-6-19(20)14-25(26)36(28)18-23(29(22)37)31(38)33-9-12-35-10-3-4-11-35/h18-22,24-28,30,34H,1-17H2,(H,33,38). The van der Waals surface area contributed by atoms with E-state index in [4.69, 9.17) is 9.47 Å². The number of carbonyl (C=O) groups is 2. The summed E-state index contributed by atoms with van der Waals surface area (Å²) in [5, 5.41) is 6.51. The van der Waals surface area contributed by atoms with Gasteiger partial charge in [0, 0.05) is 38.4 Å². The molecule has 7 rings (SSSR count). The lowest BCUT2D eigenvalue weighted by Gasteiger charge is -2.61. The number of hydrogen-bond acceptors (Lipinski definition) is 7. The highest BCUT2D eigenvalue weighted by Crippen LogP contribution is 2.50. The molecule has 3 saturated carbocycles. The molecule has 9 heteroatoms. The second-order valence-corrected chi connectivity index (χ2v) is 13.6. The van der Waals surface area contributed by atoms with Crippen molar-refractivity contribution in [3.63, 3.8) is 0 Å². The van der Waals surface area contributed by atoms with Crippen molar-refractivity contribution in [1.82, 2.24) is 20.4 Å². The fraction of sp³-hybridized carbons (Fsp3) is 0.871. The molecule has 222 valence electrons. The Bertz CT molecular complexity index is 982. The second kappa shape index (κ2) is 11.6. The molecule has 2 N–H and O–H groups in total. The predicted octanol–water partition coefficient (Wildman–Crippen LogP) is 2.57. The molecule has 0 spiro atoms. The molecule has 6 fully saturated rings. The molecule has 0 aromatic rings. The molecule has 0 aromatic carbocycles. The minimum absolute atomic E-state index is 0.00232. The van der Waals surface area contributed by atoms with Gasteiger partial charge in [-0.05, 0) is 69.9 Å². The van der Waals surface area contributed by atoms with Gasteiger partial charge >= 0.3 is 0 Å². The lowest BCUT2D eigenvalue weighted by molar-refractivity contribution is -0.208. The van der Waals surface area contributed by atoms with Crippen molar-refractivity contribution in [3.8, 4) is 0 Å². The van der Waals surface area contributed by atoms with Crippen LogP contribution in [0.3, 0.4) is 0 Å². The molecule has 7 aliphatic rings. The van der Waals surface area contributed by atoms with Crippen LogP contribution in [0.1, 0.15) is 70.6 Å². The van der Waals surface area contributed by atoms with Crippen LogP contribution in [0.5, 0.6) is 0 Å². The molecule has 4 heterocycles. The van der Waals surface area contributed by atoms with E-state index in [1.165, 1.54) is 38.5 Å². The molecule has 10 unspecified atom stereocenters. The normalized spacial score (nSPS) is 43.1. The van der Waals surface area contributed by atoms with Gasteiger partial charge in [-0.15, -0.1) is 0 Å². The first kappa shape index (κ1) is 27.3. The van der Waals surface area contributed by atoms with E-state index in [2.05, 4.69) is 20.4 Å². The summed E-state index contributed by atoms with van der Waals surface area (Å²) >= 11 is 0. The Hall–Kier alpha value is -1.55. The van der Waals surface area contributed by atoms with Gasteiger partial charge in [0.05, 0.1) is 42.0 Å². The van der Waals surface area contributed by atoms with Gasteiger partial charge in [0.2, 0.25) is 0 Å². The fourth-order valence-corrected chi connectivity index (χ4v) is 9.20. The lowest BCUT2D eigenvalue weighted by Crippen LogP contribution is -2.73. The molecule has 0 bridgehead atoms. The number of nitrogens with zero attached hydrogens (tertiary/aromatic N) is 2. The summed E-state index contributed by atoms with van der Waals surface area (Å²) in [7, 11) is 0. The Kier molecular flexibility index (Phi) is 7.93. The third-order valence-electron chi connectivity index (χ3n) is 11.2. The summed E-state index contributed by atoms with van der Waals surface area (Å²) < 4.78 is 28.7. The molecule has 0 aromatic heterocycles. The van der Waals surface area contributed by atoms with E-state index in [1.54, 1.807) is 0 Å². The van der Waals surface area contributed by atoms with Crippen LogP contribution < -0.4 is 10.6 Å². The van der Waals surface area contributed by atoms with Crippen LogP contribution in [0, 0.1) is 17.8 Å². The first-order valence-corrected chi connectivity index (χ1v) is 16.3. The first-order chi connectivity index (χ1) is 19.6. The van der Waals surface area contributed by atoms with Crippen molar-refractivity contribution >= 4 is 11.7 Å². The Morgan fingerprint density at radius 1 is 1.02 bits per heavy atom. The van der Waals surface area contributed by atoms with E-state index in [1.807, 2.05) is 6.20 Å². The molecule has 10 atom stereocenters. The van der Waals surface area contributed by atoms with Gasteiger partial charge in [-0.1, -0.05) is 25.7 Å². The lowest BCUT2D eigenvalue weighted by atomic mass is 9.65. The van der Waals surface area contributed by atoms with Crippen LogP contribution >= 0.6 is 0 Å². The number of likely N-dealkylation sites (tertiary alicyclic amines) is 1. The maximum Gasteiger partial charge on any atom is 0.256 e. The number of ether oxygens (including phenoxy) is 2. The first-order valence-electron chi connectivity index (χ1n) is 16.3. The van der Waals surface area contributed by atoms with E-state index >= 15 is 4.39 Å². The van der Waals surface area contributed by atoms with Crippen molar-refractivity contribution in [1.29, 1.82) is 0 Å². The summed E-state index contributed by atoms with van der Waals surface area (Å²) in [6, 6.07) is -0.572. The summed E-state index contributed by atoms with van der Waals surface area (Å²) in [6.45, 7) is 4.85.